The smallest absolute Gasteiger partial charge is 0.313 e. The van der Waals surface area contributed by atoms with Crippen molar-refractivity contribution in [2.75, 3.05) is 6.61 Å². The number of ether oxygens (including phenoxy) is 1. The van der Waals surface area contributed by atoms with Gasteiger partial charge in [0.15, 0.2) is 0 Å². The Labute approximate surface area is 106 Å². The second-order valence-electron chi connectivity index (χ2n) is 5.60. The molecule has 0 atom stereocenters. The quantitative estimate of drug-likeness (QED) is 0.427. The van der Waals surface area contributed by atoms with Crippen LogP contribution in [0.5, 0.6) is 0 Å². The molecule has 0 aromatic rings. The molecule has 0 rings (SSSR count). The van der Waals surface area contributed by atoms with Gasteiger partial charge in [-0.2, -0.15) is 0 Å². The van der Waals surface area contributed by atoms with Crippen molar-refractivity contribution in [2.24, 2.45) is 0 Å². The van der Waals surface area contributed by atoms with Crippen molar-refractivity contribution < 1.29 is 14.0 Å². The Morgan fingerprint density at radius 1 is 1.29 bits per heavy atom. The maximum Gasteiger partial charge on any atom is 0.313 e. The van der Waals surface area contributed by atoms with E-state index in [4.69, 9.17) is 9.16 Å². The third-order valence-corrected chi connectivity index (χ3v) is 7.52. The molecule has 0 aliphatic heterocycles. The van der Waals surface area contributed by atoms with Crippen LogP contribution < -0.4 is 0 Å². The minimum atomic E-state index is -1.85. The largest absolute Gasteiger partial charge is 0.546 e. The van der Waals surface area contributed by atoms with Crippen molar-refractivity contribution in [3.05, 3.63) is 11.8 Å². The zero-order valence-electron chi connectivity index (χ0n) is 12.2. The Balaban J connectivity index is 4.58. The Hall–Kier alpha value is -0.773. The van der Waals surface area contributed by atoms with Crippen LogP contribution in [0, 0.1) is 0 Å². The van der Waals surface area contributed by atoms with E-state index in [1.165, 1.54) is 0 Å². The van der Waals surface area contributed by atoms with Crippen molar-refractivity contribution in [3.63, 3.8) is 0 Å². The maximum absolute atomic E-state index is 11.4. The summed E-state index contributed by atoms with van der Waals surface area (Å²) in [5.41, 5.74) is 0. The zero-order valence-corrected chi connectivity index (χ0v) is 13.2. The Morgan fingerprint density at radius 2 is 1.82 bits per heavy atom. The minimum Gasteiger partial charge on any atom is -0.546 e. The van der Waals surface area contributed by atoms with Crippen LogP contribution in [0.3, 0.4) is 0 Å². The van der Waals surface area contributed by atoms with Crippen LogP contribution in [0.15, 0.2) is 11.8 Å². The Morgan fingerprint density at radius 3 is 2.18 bits per heavy atom. The predicted molar refractivity (Wildman–Crippen MR) is 73.3 cm³/mol. The molecule has 0 bridgehead atoms. The molecule has 0 N–H and O–H groups in total. The van der Waals surface area contributed by atoms with Gasteiger partial charge in [0.2, 0.25) is 8.32 Å². The summed E-state index contributed by atoms with van der Waals surface area (Å²) in [6.07, 6.45) is 2.09. The van der Waals surface area contributed by atoms with E-state index >= 15 is 0 Å². The number of carbonyl (C=O) groups excluding carboxylic acids is 1. The van der Waals surface area contributed by atoms with E-state index in [0.717, 1.165) is 5.76 Å². The zero-order chi connectivity index (χ0) is 13.7. The number of carbonyl (C=O) groups is 1. The lowest BCUT2D eigenvalue weighted by Gasteiger charge is -2.37. The van der Waals surface area contributed by atoms with E-state index in [9.17, 15) is 4.79 Å². The van der Waals surface area contributed by atoms with Crippen molar-refractivity contribution >= 4 is 14.3 Å². The minimum absolute atomic E-state index is 0.135. The average Bonchev–Trinajstić information content (AvgIpc) is 2.14. The van der Waals surface area contributed by atoms with Gasteiger partial charge in [0.1, 0.15) is 6.42 Å². The lowest BCUT2D eigenvalue weighted by atomic mass is 10.2. The normalized spacial score (nSPS) is 13.5. The van der Waals surface area contributed by atoms with Gasteiger partial charge in [-0.15, -0.1) is 0 Å². The van der Waals surface area contributed by atoms with Crippen LogP contribution in [0.2, 0.25) is 18.1 Å². The molecule has 0 unspecified atom stereocenters. The van der Waals surface area contributed by atoms with Gasteiger partial charge in [-0.3, -0.25) is 4.79 Å². The van der Waals surface area contributed by atoms with Gasteiger partial charge in [-0.25, -0.2) is 0 Å². The first-order valence-electron chi connectivity index (χ1n) is 6.14. The second-order valence-corrected chi connectivity index (χ2v) is 10.3. The van der Waals surface area contributed by atoms with Crippen LogP contribution in [-0.2, 0) is 14.0 Å². The highest BCUT2D eigenvalue weighted by Crippen LogP contribution is 2.38. The number of hydrogen-bond donors (Lipinski definition) is 0. The molecule has 0 aromatic carbocycles. The Kier molecular flexibility index (Phi) is 5.95. The highest BCUT2D eigenvalue weighted by atomic mass is 28.4. The molecule has 0 saturated heterocycles. The molecular weight excluding hydrogens is 232 g/mol. The first-order valence-corrected chi connectivity index (χ1v) is 9.04. The fraction of sp³-hybridized carbons (Fsp3) is 0.769. The lowest BCUT2D eigenvalue weighted by Crippen LogP contribution is -2.40. The SMILES string of the molecule is CC=C(CC(=O)OCC)O[Si](C)(C)C(C)(C)C. The van der Waals surface area contributed by atoms with Crippen molar-refractivity contribution in [2.45, 2.75) is 59.2 Å². The fourth-order valence-electron chi connectivity index (χ4n) is 1.03. The lowest BCUT2D eigenvalue weighted by molar-refractivity contribution is -0.142. The summed E-state index contributed by atoms with van der Waals surface area (Å²) in [6, 6.07) is 0. The summed E-state index contributed by atoms with van der Waals surface area (Å²) in [5.74, 6) is 0.509. The molecule has 17 heavy (non-hydrogen) atoms. The average molecular weight is 258 g/mol. The molecule has 0 radical (unpaired) electrons. The fourth-order valence-corrected chi connectivity index (χ4v) is 2.18. The van der Waals surface area contributed by atoms with Gasteiger partial charge in [-0.1, -0.05) is 26.8 Å². The van der Waals surface area contributed by atoms with E-state index in [1.54, 1.807) is 0 Å². The molecule has 0 aromatic heterocycles. The molecule has 0 saturated carbocycles. The van der Waals surface area contributed by atoms with Crippen LogP contribution in [0.4, 0.5) is 0 Å². The van der Waals surface area contributed by atoms with E-state index in [0.29, 0.717) is 6.61 Å². The molecular formula is C13H26O3Si. The van der Waals surface area contributed by atoms with Gasteiger partial charge in [0, 0.05) is 0 Å². The standard InChI is InChI=1S/C13H26O3Si/c1-8-11(10-12(14)15-9-2)16-17(6,7)13(3,4)5/h8H,9-10H2,1-7H3. The summed E-state index contributed by atoms with van der Waals surface area (Å²) in [7, 11) is -1.85. The molecule has 4 heteroatoms. The second kappa shape index (κ2) is 6.24. The van der Waals surface area contributed by atoms with E-state index in [-0.39, 0.29) is 17.4 Å². The van der Waals surface area contributed by atoms with Crippen molar-refractivity contribution in [1.82, 2.24) is 0 Å². The van der Waals surface area contributed by atoms with Gasteiger partial charge >= 0.3 is 5.97 Å². The molecule has 0 aliphatic rings. The van der Waals surface area contributed by atoms with Gasteiger partial charge in [0.05, 0.1) is 12.4 Å². The number of rotatable bonds is 5. The first kappa shape index (κ1) is 16.2. The highest BCUT2D eigenvalue weighted by Gasteiger charge is 2.39. The van der Waals surface area contributed by atoms with E-state index in [2.05, 4.69) is 33.9 Å². The van der Waals surface area contributed by atoms with Crippen molar-refractivity contribution in [3.8, 4) is 0 Å². The summed E-state index contributed by atoms with van der Waals surface area (Å²) in [4.78, 5) is 11.4. The van der Waals surface area contributed by atoms with Gasteiger partial charge < -0.3 is 9.16 Å². The molecule has 0 spiro atoms. The summed E-state index contributed by atoms with van der Waals surface area (Å²) >= 11 is 0. The number of hydrogen-bond acceptors (Lipinski definition) is 3. The summed E-state index contributed by atoms with van der Waals surface area (Å²) < 4.78 is 11.0. The van der Waals surface area contributed by atoms with Crippen molar-refractivity contribution in [1.29, 1.82) is 0 Å². The van der Waals surface area contributed by atoms with Crippen LogP contribution in [-0.4, -0.2) is 20.9 Å². The molecule has 100 valence electrons. The number of esters is 1. The van der Waals surface area contributed by atoms with Gasteiger partial charge in [-0.05, 0) is 32.0 Å². The summed E-state index contributed by atoms with van der Waals surface area (Å²) in [6.45, 7) is 15.0. The summed E-state index contributed by atoms with van der Waals surface area (Å²) in [5, 5.41) is 0.135. The highest BCUT2D eigenvalue weighted by molar-refractivity contribution is 6.74. The van der Waals surface area contributed by atoms with Gasteiger partial charge in [0.25, 0.3) is 0 Å². The predicted octanol–water partition coefficient (Wildman–Crippen LogP) is 3.87. The topological polar surface area (TPSA) is 35.5 Å². The molecule has 0 fully saturated rings. The third-order valence-electron chi connectivity index (χ3n) is 3.14. The van der Waals surface area contributed by atoms with Crippen LogP contribution in [0.1, 0.15) is 41.0 Å². The molecule has 0 aliphatic carbocycles. The Bertz CT molecular complexity index is 288. The number of allylic oxidation sites excluding steroid dienone is 1. The van der Waals surface area contributed by atoms with E-state index in [1.807, 2.05) is 19.9 Å². The monoisotopic (exact) mass is 258 g/mol. The maximum atomic E-state index is 11.4. The van der Waals surface area contributed by atoms with E-state index < -0.39 is 8.32 Å². The third kappa shape index (κ3) is 5.39. The first-order chi connectivity index (χ1) is 7.64. The molecule has 0 amide bonds. The molecule has 0 heterocycles. The molecule has 3 nitrogen and oxygen atoms in total. The van der Waals surface area contributed by atoms with Crippen LogP contribution >= 0.6 is 0 Å². The van der Waals surface area contributed by atoms with Crippen LogP contribution in [0.25, 0.3) is 0 Å².